The first-order valence-corrected chi connectivity index (χ1v) is 6.17. The SMILES string of the molecule is CC(NCc1ccnn1C)C(=O)NCc1ccco1. The normalized spacial score (nSPS) is 12.3. The second-order valence-corrected chi connectivity index (χ2v) is 4.35. The second-order valence-electron chi connectivity index (χ2n) is 4.35. The third-order valence-corrected chi connectivity index (χ3v) is 2.92. The van der Waals surface area contributed by atoms with Gasteiger partial charge < -0.3 is 15.1 Å². The molecule has 1 amide bonds. The molecule has 0 saturated carbocycles. The molecular formula is C13H18N4O2. The van der Waals surface area contributed by atoms with Crippen molar-refractivity contribution in [2.75, 3.05) is 0 Å². The molecule has 2 rings (SSSR count). The predicted molar refractivity (Wildman–Crippen MR) is 70.1 cm³/mol. The third-order valence-electron chi connectivity index (χ3n) is 2.92. The number of nitrogens with zero attached hydrogens (tertiary/aromatic N) is 2. The Morgan fingerprint density at radius 2 is 2.32 bits per heavy atom. The fourth-order valence-electron chi connectivity index (χ4n) is 1.67. The molecule has 6 nitrogen and oxygen atoms in total. The average Bonchev–Trinajstić information content (AvgIpc) is 3.04. The van der Waals surface area contributed by atoms with E-state index in [4.69, 9.17) is 4.42 Å². The van der Waals surface area contributed by atoms with Crippen molar-refractivity contribution >= 4 is 5.91 Å². The molecule has 0 aliphatic carbocycles. The smallest absolute Gasteiger partial charge is 0.237 e. The molecule has 19 heavy (non-hydrogen) atoms. The molecule has 0 bridgehead atoms. The fraction of sp³-hybridized carbons (Fsp3) is 0.385. The highest BCUT2D eigenvalue weighted by atomic mass is 16.3. The molecular weight excluding hydrogens is 244 g/mol. The summed E-state index contributed by atoms with van der Waals surface area (Å²) in [5.41, 5.74) is 1.03. The van der Waals surface area contributed by atoms with Gasteiger partial charge in [-0.1, -0.05) is 0 Å². The van der Waals surface area contributed by atoms with Crippen molar-refractivity contribution in [2.45, 2.75) is 26.1 Å². The summed E-state index contributed by atoms with van der Waals surface area (Å²) in [4.78, 5) is 11.8. The minimum atomic E-state index is -0.273. The molecule has 2 aromatic rings. The van der Waals surface area contributed by atoms with Crippen molar-refractivity contribution in [3.63, 3.8) is 0 Å². The minimum absolute atomic E-state index is 0.0569. The Bertz CT molecular complexity index is 518. The molecule has 0 radical (unpaired) electrons. The molecule has 0 fully saturated rings. The van der Waals surface area contributed by atoms with Crippen LogP contribution in [0.25, 0.3) is 0 Å². The van der Waals surface area contributed by atoms with Gasteiger partial charge in [0.25, 0.3) is 0 Å². The lowest BCUT2D eigenvalue weighted by molar-refractivity contribution is -0.123. The van der Waals surface area contributed by atoms with Crippen molar-refractivity contribution in [2.24, 2.45) is 7.05 Å². The van der Waals surface area contributed by atoms with E-state index in [-0.39, 0.29) is 11.9 Å². The van der Waals surface area contributed by atoms with Gasteiger partial charge in [-0.15, -0.1) is 0 Å². The van der Waals surface area contributed by atoms with Crippen molar-refractivity contribution in [3.8, 4) is 0 Å². The molecule has 102 valence electrons. The van der Waals surface area contributed by atoms with Gasteiger partial charge >= 0.3 is 0 Å². The summed E-state index contributed by atoms with van der Waals surface area (Å²) in [6.07, 6.45) is 3.32. The lowest BCUT2D eigenvalue weighted by Crippen LogP contribution is -2.41. The minimum Gasteiger partial charge on any atom is -0.467 e. The largest absolute Gasteiger partial charge is 0.467 e. The van der Waals surface area contributed by atoms with Crippen LogP contribution in [0, 0.1) is 0 Å². The van der Waals surface area contributed by atoms with Crippen molar-refractivity contribution in [1.29, 1.82) is 0 Å². The highest BCUT2D eigenvalue weighted by molar-refractivity contribution is 5.81. The van der Waals surface area contributed by atoms with E-state index >= 15 is 0 Å². The summed E-state index contributed by atoms with van der Waals surface area (Å²) >= 11 is 0. The Morgan fingerprint density at radius 1 is 1.47 bits per heavy atom. The van der Waals surface area contributed by atoms with E-state index in [2.05, 4.69) is 15.7 Å². The first-order chi connectivity index (χ1) is 9.16. The van der Waals surface area contributed by atoms with Crippen LogP contribution in [-0.2, 0) is 24.9 Å². The van der Waals surface area contributed by atoms with Gasteiger partial charge in [-0.25, -0.2) is 0 Å². The van der Waals surface area contributed by atoms with E-state index < -0.39 is 0 Å². The quantitative estimate of drug-likeness (QED) is 0.808. The van der Waals surface area contributed by atoms with E-state index in [0.29, 0.717) is 13.1 Å². The van der Waals surface area contributed by atoms with E-state index in [1.165, 1.54) is 0 Å². The maximum Gasteiger partial charge on any atom is 0.237 e. The molecule has 0 spiro atoms. The van der Waals surface area contributed by atoms with Crippen LogP contribution in [0.5, 0.6) is 0 Å². The van der Waals surface area contributed by atoms with Crippen LogP contribution in [-0.4, -0.2) is 21.7 Å². The number of aryl methyl sites for hydroxylation is 1. The van der Waals surface area contributed by atoms with E-state index in [1.807, 2.05) is 26.1 Å². The topological polar surface area (TPSA) is 72.1 Å². The Morgan fingerprint density at radius 3 is 2.95 bits per heavy atom. The average molecular weight is 262 g/mol. The molecule has 1 unspecified atom stereocenters. The number of carbonyl (C=O) groups excluding carboxylic acids is 1. The molecule has 2 heterocycles. The summed E-state index contributed by atoms with van der Waals surface area (Å²) < 4.78 is 6.93. The predicted octanol–water partition coefficient (Wildman–Crippen LogP) is 0.808. The monoisotopic (exact) mass is 262 g/mol. The highest BCUT2D eigenvalue weighted by Gasteiger charge is 2.12. The van der Waals surface area contributed by atoms with Gasteiger partial charge in [-0.2, -0.15) is 5.10 Å². The van der Waals surface area contributed by atoms with Crippen LogP contribution in [0.15, 0.2) is 35.1 Å². The molecule has 2 aromatic heterocycles. The fourth-order valence-corrected chi connectivity index (χ4v) is 1.67. The van der Waals surface area contributed by atoms with Gasteiger partial charge in [0, 0.05) is 19.8 Å². The maximum atomic E-state index is 11.8. The summed E-state index contributed by atoms with van der Waals surface area (Å²) in [7, 11) is 1.87. The van der Waals surface area contributed by atoms with Gasteiger partial charge in [0.05, 0.1) is 24.5 Å². The van der Waals surface area contributed by atoms with Crippen LogP contribution in [0.1, 0.15) is 18.4 Å². The number of rotatable bonds is 6. The number of furan rings is 1. The Labute approximate surface area is 111 Å². The van der Waals surface area contributed by atoms with Crippen LogP contribution >= 0.6 is 0 Å². The van der Waals surface area contributed by atoms with E-state index in [1.54, 1.807) is 23.2 Å². The maximum absolute atomic E-state index is 11.8. The zero-order chi connectivity index (χ0) is 13.7. The number of amides is 1. The van der Waals surface area contributed by atoms with Gasteiger partial charge in [-0.05, 0) is 25.1 Å². The molecule has 0 aliphatic heterocycles. The zero-order valence-electron chi connectivity index (χ0n) is 11.1. The molecule has 1 atom stereocenters. The standard InChI is InChI=1S/C13H18N4O2/c1-10(14-8-11-5-6-16-17(11)2)13(18)15-9-12-4-3-7-19-12/h3-7,10,14H,8-9H2,1-2H3,(H,15,18). The van der Waals surface area contributed by atoms with Crippen molar-refractivity contribution in [3.05, 3.63) is 42.1 Å². The Kier molecular flexibility index (Phi) is 4.35. The molecule has 2 N–H and O–H groups in total. The second kappa shape index (κ2) is 6.19. The summed E-state index contributed by atoms with van der Waals surface area (Å²) in [5, 5.41) is 10.0. The van der Waals surface area contributed by atoms with Gasteiger partial charge in [0.2, 0.25) is 5.91 Å². The van der Waals surface area contributed by atoms with Crippen molar-refractivity contribution in [1.82, 2.24) is 20.4 Å². The lowest BCUT2D eigenvalue weighted by Gasteiger charge is -2.13. The van der Waals surface area contributed by atoms with Crippen molar-refractivity contribution < 1.29 is 9.21 Å². The molecule has 6 heteroatoms. The molecule has 0 aromatic carbocycles. The summed E-state index contributed by atoms with van der Waals surface area (Å²) in [6.45, 7) is 2.84. The third kappa shape index (κ3) is 3.69. The molecule has 0 saturated heterocycles. The van der Waals surface area contributed by atoms with Gasteiger partial charge in [-0.3, -0.25) is 9.48 Å². The first kappa shape index (κ1) is 13.4. The number of hydrogen-bond acceptors (Lipinski definition) is 4. The molecule has 0 aliphatic rings. The first-order valence-electron chi connectivity index (χ1n) is 6.17. The summed E-state index contributed by atoms with van der Waals surface area (Å²) in [6, 6.07) is 5.27. The zero-order valence-corrected chi connectivity index (χ0v) is 11.1. The summed E-state index contributed by atoms with van der Waals surface area (Å²) in [5.74, 6) is 0.686. The highest BCUT2D eigenvalue weighted by Crippen LogP contribution is 1.99. The van der Waals surface area contributed by atoms with Crippen LogP contribution in [0.4, 0.5) is 0 Å². The Hall–Kier alpha value is -2.08. The van der Waals surface area contributed by atoms with Crippen LogP contribution in [0.3, 0.4) is 0 Å². The number of carbonyl (C=O) groups is 1. The van der Waals surface area contributed by atoms with Crippen LogP contribution < -0.4 is 10.6 Å². The van der Waals surface area contributed by atoms with Gasteiger partial charge in [0.1, 0.15) is 5.76 Å². The van der Waals surface area contributed by atoms with E-state index in [0.717, 1.165) is 11.5 Å². The number of nitrogens with one attached hydrogen (secondary N) is 2. The number of aromatic nitrogens is 2. The number of hydrogen-bond donors (Lipinski definition) is 2. The van der Waals surface area contributed by atoms with Crippen LogP contribution in [0.2, 0.25) is 0 Å². The lowest BCUT2D eigenvalue weighted by atomic mass is 10.3. The van der Waals surface area contributed by atoms with E-state index in [9.17, 15) is 4.79 Å². The van der Waals surface area contributed by atoms with Gasteiger partial charge in [0.15, 0.2) is 0 Å². The Balaban J connectivity index is 1.75.